The zero-order valence-electron chi connectivity index (χ0n) is 6.67. The van der Waals surface area contributed by atoms with Crippen molar-refractivity contribution in [3.63, 3.8) is 0 Å². The van der Waals surface area contributed by atoms with E-state index in [1.807, 2.05) is 6.92 Å². The minimum absolute atomic E-state index is 0.0722. The van der Waals surface area contributed by atoms with Crippen molar-refractivity contribution in [2.75, 3.05) is 5.75 Å². The molecule has 0 saturated heterocycles. The third-order valence-electron chi connectivity index (χ3n) is 1.42. The molecule has 5 heteroatoms. The highest BCUT2D eigenvalue weighted by Gasteiger charge is 2.10. The van der Waals surface area contributed by atoms with Gasteiger partial charge in [0.15, 0.2) is 11.1 Å². The summed E-state index contributed by atoms with van der Waals surface area (Å²) in [5.41, 5.74) is 0. The Hall–Kier alpha value is -0.810. The molecule has 0 bridgehead atoms. The van der Waals surface area contributed by atoms with Crippen LogP contribution in [-0.4, -0.2) is 24.5 Å². The first-order chi connectivity index (χ1) is 5.70. The van der Waals surface area contributed by atoms with Crippen LogP contribution in [0.25, 0.3) is 0 Å². The quantitative estimate of drug-likeness (QED) is 0.709. The summed E-state index contributed by atoms with van der Waals surface area (Å²) in [5.74, 6) is 0.723. The van der Waals surface area contributed by atoms with Crippen LogP contribution in [0.15, 0.2) is 18.5 Å². The van der Waals surface area contributed by atoms with E-state index in [2.05, 4.69) is 9.97 Å². The van der Waals surface area contributed by atoms with Gasteiger partial charge in [-0.15, -0.1) is 0 Å². The van der Waals surface area contributed by atoms with Crippen molar-refractivity contribution in [2.45, 2.75) is 12.8 Å². The predicted octanol–water partition coefficient (Wildman–Crippen LogP) is 0.802. The third-order valence-corrected chi connectivity index (χ3v) is 2.20. The van der Waals surface area contributed by atoms with Crippen LogP contribution in [-0.2, 0) is 11.1 Å². The molecule has 1 N–H and O–H groups in total. The number of aromatic nitrogens is 2. The largest absolute Gasteiger partial charge is 0.306 e. The minimum atomic E-state index is -1.78. The van der Waals surface area contributed by atoms with E-state index in [1.54, 1.807) is 18.5 Å². The molecular weight excluding hydrogens is 176 g/mol. The minimum Gasteiger partial charge on any atom is -0.306 e. The lowest BCUT2D eigenvalue weighted by Gasteiger charge is -2.05. The average Bonchev–Trinajstić information content (AvgIpc) is 2.05. The van der Waals surface area contributed by atoms with Crippen molar-refractivity contribution < 1.29 is 8.76 Å². The predicted molar refractivity (Wildman–Crippen MR) is 46.1 cm³/mol. The fourth-order valence-corrected chi connectivity index (χ4v) is 1.43. The second-order valence-corrected chi connectivity index (χ2v) is 3.47. The van der Waals surface area contributed by atoms with Gasteiger partial charge in [0, 0.05) is 18.3 Å². The van der Waals surface area contributed by atoms with Gasteiger partial charge in [0.25, 0.3) is 0 Å². The van der Waals surface area contributed by atoms with Crippen LogP contribution in [0.4, 0.5) is 0 Å². The molecule has 0 aliphatic heterocycles. The lowest BCUT2D eigenvalue weighted by molar-refractivity contribution is 0.557. The third kappa shape index (κ3) is 2.67. The van der Waals surface area contributed by atoms with Crippen LogP contribution in [0, 0.1) is 0 Å². The molecule has 1 aromatic heterocycles. The maximum atomic E-state index is 10.4. The fraction of sp³-hybridized carbons (Fsp3) is 0.429. The summed E-state index contributed by atoms with van der Waals surface area (Å²) in [4.78, 5) is 7.95. The van der Waals surface area contributed by atoms with Crippen LogP contribution in [0.5, 0.6) is 0 Å². The summed E-state index contributed by atoms with van der Waals surface area (Å²) in [7, 11) is 0. The molecule has 0 aromatic carbocycles. The van der Waals surface area contributed by atoms with E-state index in [0.29, 0.717) is 5.82 Å². The Morgan fingerprint density at radius 2 is 2.17 bits per heavy atom. The summed E-state index contributed by atoms with van der Waals surface area (Å²) in [6, 6.07) is 1.71. The summed E-state index contributed by atoms with van der Waals surface area (Å²) in [6.45, 7) is 1.82. The van der Waals surface area contributed by atoms with Crippen LogP contribution in [0.1, 0.15) is 18.7 Å². The van der Waals surface area contributed by atoms with E-state index in [-0.39, 0.29) is 11.7 Å². The molecule has 12 heavy (non-hydrogen) atoms. The SMILES string of the molecule is CC(CS(=O)O)c1ncccn1. The normalized spacial score (nSPS) is 15.5. The number of nitrogens with zero attached hydrogens (tertiary/aromatic N) is 2. The Labute approximate surface area is 73.3 Å². The first-order valence-electron chi connectivity index (χ1n) is 3.54. The van der Waals surface area contributed by atoms with Crippen molar-refractivity contribution in [2.24, 2.45) is 0 Å². The van der Waals surface area contributed by atoms with Gasteiger partial charge in [-0.05, 0) is 6.07 Å². The highest BCUT2D eigenvalue weighted by atomic mass is 32.2. The standard InChI is InChI=1S/C7H10N2O2S/c1-6(5-12(10)11)7-8-3-2-4-9-7/h2-4,6H,5H2,1H3,(H,10,11). The maximum absolute atomic E-state index is 10.4. The van der Waals surface area contributed by atoms with Gasteiger partial charge in [-0.1, -0.05) is 6.92 Å². The molecule has 2 unspecified atom stereocenters. The second kappa shape index (κ2) is 4.27. The van der Waals surface area contributed by atoms with Gasteiger partial charge >= 0.3 is 0 Å². The van der Waals surface area contributed by atoms with E-state index in [4.69, 9.17) is 4.55 Å². The molecule has 1 heterocycles. The topological polar surface area (TPSA) is 63.1 Å². The summed E-state index contributed by atoms with van der Waals surface area (Å²) < 4.78 is 19.0. The van der Waals surface area contributed by atoms with Gasteiger partial charge in [-0.25, -0.2) is 14.2 Å². The van der Waals surface area contributed by atoms with E-state index < -0.39 is 11.1 Å². The molecule has 0 saturated carbocycles. The fourth-order valence-electron chi connectivity index (χ4n) is 0.854. The first-order valence-corrected chi connectivity index (χ1v) is 4.82. The average molecular weight is 186 g/mol. The molecule has 1 aromatic rings. The Kier molecular flexibility index (Phi) is 3.31. The second-order valence-electron chi connectivity index (χ2n) is 2.50. The Morgan fingerprint density at radius 1 is 1.58 bits per heavy atom. The monoisotopic (exact) mass is 186 g/mol. The van der Waals surface area contributed by atoms with E-state index in [1.165, 1.54) is 0 Å². The van der Waals surface area contributed by atoms with E-state index in [9.17, 15) is 4.21 Å². The molecule has 1 rings (SSSR count). The molecule has 4 nitrogen and oxygen atoms in total. The van der Waals surface area contributed by atoms with Crippen molar-refractivity contribution in [1.82, 2.24) is 9.97 Å². The molecule has 0 spiro atoms. The summed E-state index contributed by atoms with van der Waals surface area (Å²) >= 11 is -1.78. The first kappa shape index (κ1) is 9.28. The zero-order chi connectivity index (χ0) is 8.97. The van der Waals surface area contributed by atoms with Gasteiger partial charge in [0.1, 0.15) is 5.82 Å². The molecule has 0 radical (unpaired) electrons. The van der Waals surface area contributed by atoms with Crippen LogP contribution < -0.4 is 0 Å². The lowest BCUT2D eigenvalue weighted by atomic mass is 10.2. The molecule has 0 aliphatic rings. The van der Waals surface area contributed by atoms with E-state index >= 15 is 0 Å². The van der Waals surface area contributed by atoms with Gasteiger partial charge in [-0.2, -0.15) is 0 Å². The van der Waals surface area contributed by atoms with Crippen LogP contribution in [0.2, 0.25) is 0 Å². The number of hydrogen-bond acceptors (Lipinski definition) is 3. The van der Waals surface area contributed by atoms with Crippen molar-refractivity contribution in [3.05, 3.63) is 24.3 Å². The van der Waals surface area contributed by atoms with Gasteiger partial charge in [0.05, 0.1) is 5.75 Å². The maximum Gasteiger partial charge on any atom is 0.153 e. The van der Waals surface area contributed by atoms with E-state index in [0.717, 1.165) is 0 Å². The van der Waals surface area contributed by atoms with Crippen molar-refractivity contribution in [1.29, 1.82) is 0 Å². The Morgan fingerprint density at radius 3 is 2.67 bits per heavy atom. The molecule has 66 valence electrons. The number of rotatable bonds is 3. The smallest absolute Gasteiger partial charge is 0.153 e. The van der Waals surface area contributed by atoms with Gasteiger partial charge in [-0.3, -0.25) is 0 Å². The van der Waals surface area contributed by atoms with Crippen LogP contribution >= 0.6 is 0 Å². The Balaban J connectivity index is 2.65. The highest BCUT2D eigenvalue weighted by molar-refractivity contribution is 7.79. The molecule has 0 fully saturated rings. The van der Waals surface area contributed by atoms with Gasteiger partial charge in [0.2, 0.25) is 0 Å². The highest BCUT2D eigenvalue weighted by Crippen LogP contribution is 2.08. The molecule has 2 atom stereocenters. The van der Waals surface area contributed by atoms with Crippen molar-refractivity contribution in [3.8, 4) is 0 Å². The summed E-state index contributed by atoms with van der Waals surface area (Å²) in [5, 5.41) is 0. The molecule has 0 aliphatic carbocycles. The summed E-state index contributed by atoms with van der Waals surface area (Å²) in [6.07, 6.45) is 3.25. The van der Waals surface area contributed by atoms with Crippen LogP contribution in [0.3, 0.4) is 0 Å². The zero-order valence-corrected chi connectivity index (χ0v) is 7.49. The Bertz CT molecular complexity index is 265. The van der Waals surface area contributed by atoms with Gasteiger partial charge < -0.3 is 4.55 Å². The van der Waals surface area contributed by atoms with Crippen molar-refractivity contribution >= 4 is 11.1 Å². The molecular formula is C7H10N2O2S. The lowest BCUT2D eigenvalue weighted by Crippen LogP contribution is -2.08. The molecule has 0 amide bonds. The number of hydrogen-bond donors (Lipinski definition) is 1.